The number of likely N-dealkylation sites (tertiary alicyclic amines) is 1. The molecule has 1 aliphatic carbocycles. The average Bonchev–Trinajstić information content (AvgIpc) is 3.24. The molecule has 1 amide bonds. The standard InChI is InChI=1S/C19H27FN2O/c1-3-14(2)13-22-9-7-19(8-10-22)12-17(19)18(23)21-16-6-4-5-15(20)11-16/h4-6,11,14,17H,3,7-10,12-13H2,1-2H3,(H,21,23)/t14-,17-/m1/s1. The van der Waals surface area contributed by atoms with E-state index in [-0.39, 0.29) is 23.1 Å². The molecule has 1 aromatic carbocycles. The Kier molecular flexibility index (Phi) is 4.72. The van der Waals surface area contributed by atoms with Crippen LogP contribution in [-0.4, -0.2) is 30.4 Å². The molecule has 2 fully saturated rings. The van der Waals surface area contributed by atoms with Gasteiger partial charge in [0.1, 0.15) is 5.82 Å². The van der Waals surface area contributed by atoms with E-state index in [1.54, 1.807) is 12.1 Å². The number of hydrogen-bond donors (Lipinski definition) is 1. The zero-order valence-corrected chi connectivity index (χ0v) is 14.1. The second-order valence-electron chi connectivity index (χ2n) is 7.43. The lowest BCUT2D eigenvalue weighted by atomic mass is 9.90. The highest BCUT2D eigenvalue weighted by molar-refractivity contribution is 5.95. The SMILES string of the molecule is CC[C@@H](C)CN1CCC2(CC1)C[C@@H]2C(=O)Nc1cccc(F)c1. The molecule has 0 unspecified atom stereocenters. The van der Waals surface area contributed by atoms with Crippen LogP contribution in [0.3, 0.4) is 0 Å². The number of benzene rings is 1. The minimum Gasteiger partial charge on any atom is -0.326 e. The van der Waals surface area contributed by atoms with Crippen LogP contribution in [0.4, 0.5) is 10.1 Å². The topological polar surface area (TPSA) is 32.3 Å². The highest BCUT2D eigenvalue weighted by Crippen LogP contribution is 2.59. The maximum Gasteiger partial charge on any atom is 0.228 e. The fraction of sp³-hybridized carbons (Fsp3) is 0.632. The Balaban J connectivity index is 1.50. The molecule has 1 heterocycles. The number of anilines is 1. The first kappa shape index (κ1) is 16.4. The summed E-state index contributed by atoms with van der Waals surface area (Å²) < 4.78 is 13.2. The molecule has 2 atom stereocenters. The van der Waals surface area contributed by atoms with Crippen LogP contribution in [0.25, 0.3) is 0 Å². The molecule has 0 radical (unpaired) electrons. The van der Waals surface area contributed by atoms with E-state index >= 15 is 0 Å². The quantitative estimate of drug-likeness (QED) is 0.892. The van der Waals surface area contributed by atoms with Crippen LogP contribution in [0.5, 0.6) is 0 Å². The molecular formula is C19H27FN2O. The number of rotatable bonds is 5. The van der Waals surface area contributed by atoms with Gasteiger partial charge in [0, 0.05) is 18.2 Å². The van der Waals surface area contributed by atoms with Crippen molar-refractivity contribution in [3.05, 3.63) is 30.1 Å². The van der Waals surface area contributed by atoms with Gasteiger partial charge < -0.3 is 10.2 Å². The van der Waals surface area contributed by atoms with E-state index in [1.165, 1.54) is 25.1 Å². The van der Waals surface area contributed by atoms with Gasteiger partial charge >= 0.3 is 0 Å². The van der Waals surface area contributed by atoms with E-state index in [2.05, 4.69) is 24.1 Å². The summed E-state index contributed by atoms with van der Waals surface area (Å²) in [6.07, 6.45) is 4.45. The Labute approximate surface area is 138 Å². The van der Waals surface area contributed by atoms with Crippen molar-refractivity contribution in [1.29, 1.82) is 0 Å². The molecule has 2 aliphatic rings. The lowest BCUT2D eigenvalue weighted by Crippen LogP contribution is -2.38. The first-order chi connectivity index (χ1) is 11.0. The van der Waals surface area contributed by atoms with Crippen LogP contribution in [0.15, 0.2) is 24.3 Å². The van der Waals surface area contributed by atoms with Crippen LogP contribution in [0.1, 0.15) is 39.5 Å². The molecule has 1 saturated carbocycles. The monoisotopic (exact) mass is 318 g/mol. The molecule has 23 heavy (non-hydrogen) atoms. The van der Waals surface area contributed by atoms with Crippen molar-refractivity contribution in [1.82, 2.24) is 4.90 Å². The van der Waals surface area contributed by atoms with Crippen LogP contribution < -0.4 is 5.32 Å². The van der Waals surface area contributed by atoms with Gasteiger partial charge in [-0.25, -0.2) is 4.39 Å². The van der Waals surface area contributed by atoms with E-state index in [4.69, 9.17) is 0 Å². The molecule has 1 spiro atoms. The molecule has 1 N–H and O–H groups in total. The Morgan fingerprint density at radius 3 is 2.83 bits per heavy atom. The fourth-order valence-corrected chi connectivity index (χ4v) is 3.82. The lowest BCUT2D eigenvalue weighted by Gasteiger charge is -2.34. The van der Waals surface area contributed by atoms with Crippen molar-refractivity contribution in [2.75, 3.05) is 25.0 Å². The minimum absolute atomic E-state index is 0.0611. The molecule has 0 bridgehead atoms. The van der Waals surface area contributed by atoms with Crippen molar-refractivity contribution >= 4 is 11.6 Å². The van der Waals surface area contributed by atoms with Gasteiger partial charge in [-0.15, -0.1) is 0 Å². The predicted octanol–water partition coefficient (Wildman–Crippen LogP) is 3.91. The smallest absolute Gasteiger partial charge is 0.228 e. The minimum atomic E-state index is -0.313. The summed E-state index contributed by atoms with van der Waals surface area (Å²) >= 11 is 0. The van der Waals surface area contributed by atoms with E-state index in [0.29, 0.717) is 5.69 Å². The maximum absolute atomic E-state index is 13.2. The first-order valence-corrected chi connectivity index (χ1v) is 8.81. The molecule has 3 nitrogen and oxygen atoms in total. The Bertz CT molecular complexity index is 566. The summed E-state index contributed by atoms with van der Waals surface area (Å²) in [6.45, 7) is 7.93. The number of amides is 1. The summed E-state index contributed by atoms with van der Waals surface area (Å²) in [4.78, 5) is 15.0. The van der Waals surface area contributed by atoms with Crippen molar-refractivity contribution in [2.45, 2.75) is 39.5 Å². The number of halogens is 1. The number of nitrogens with one attached hydrogen (secondary N) is 1. The molecule has 3 rings (SSSR count). The molecule has 4 heteroatoms. The van der Waals surface area contributed by atoms with Crippen LogP contribution >= 0.6 is 0 Å². The second-order valence-corrected chi connectivity index (χ2v) is 7.43. The van der Waals surface area contributed by atoms with E-state index in [0.717, 1.165) is 38.3 Å². The summed E-state index contributed by atoms with van der Waals surface area (Å²) in [5.74, 6) is 0.601. The van der Waals surface area contributed by atoms with Gasteiger partial charge in [0.05, 0.1) is 0 Å². The molecule has 0 aromatic heterocycles. The summed E-state index contributed by atoms with van der Waals surface area (Å²) in [6, 6.07) is 6.13. The summed E-state index contributed by atoms with van der Waals surface area (Å²) in [5.41, 5.74) is 0.773. The number of piperidine rings is 1. The zero-order valence-electron chi connectivity index (χ0n) is 14.1. The summed E-state index contributed by atoms with van der Waals surface area (Å²) in [7, 11) is 0. The Hall–Kier alpha value is -1.42. The van der Waals surface area contributed by atoms with Crippen molar-refractivity contribution < 1.29 is 9.18 Å². The van der Waals surface area contributed by atoms with E-state index in [1.807, 2.05) is 0 Å². The van der Waals surface area contributed by atoms with Gasteiger partial charge in [-0.2, -0.15) is 0 Å². The third kappa shape index (κ3) is 3.74. The van der Waals surface area contributed by atoms with Gasteiger partial charge in [0.2, 0.25) is 5.91 Å². The van der Waals surface area contributed by atoms with Gasteiger partial charge in [0.25, 0.3) is 0 Å². The Morgan fingerprint density at radius 1 is 1.43 bits per heavy atom. The molecular weight excluding hydrogens is 291 g/mol. The van der Waals surface area contributed by atoms with Gasteiger partial charge in [-0.1, -0.05) is 26.3 Å². The second kappa shape index (κ2) is 6.60. The third-order valence-electron chi connectivity index (χ3n) is 5.72. The fourth-order valence-electron chi connectivity index (χ4n) is 3.82. The molecule has 1 saturated heterocycles. The normalized spacial score (nSPS) is 24.4. The van der Waals surface area contributed by atoms with Crippen LogP contribution in [0.2, 0.25) is 0 Å². The predicted molar refractivity (Wildman–Crippen MR) is 90.7 cm³/mol. The third-order valence-corrected chi connectivity index (χ3v) is 5.72. The zero-order chi connectivity index (χ0) is 16.4. The average molecular weight is 318 g/mol. The number of hydrogen-bond acceptors (Lipinski definition) is 2. The number of carbonyl (C=O) groups excluding carboxylic acids is 1. The van der Waals surface area contributed by atoms with Crippen molar-refractivity contribution in [3.63, 3.8) is 0 Å². The van der Waals surface area contributed by atoms with E-state index < -0.39 is 0 Å². The van der Waals surface area contributed by atoms with Crippen LogP contribution in [-0.2, 0) is 4.79 Å². The highest BCUT2D eigenvalue weighted by atomic mass is 19.1. The van der Waals surface area contributed by atoms with E-state index in [9.17, 15) is 9.18 Å². The van der Waals surface area contributed by atoms with Gasteiger partial charge in [-0.3, -0.25) is 4.79 Å². The molecule has 1 aliphatic heterocycles. The van der Waals surface area contributed by atoms with Gasteiger partial charge in [0.15, 0.2) is 0 Å². The molecule has 126 valence electrons. The maximum atomic E-state index is 13.2. The largest absolute Gasteiger partial charge is 0.326 e. The van der Waals surface area contributed by atoms with Crippen molar-refractivity contribution in [2.24, 2.45) is 17.3 Å². The highest BCUT2D eigenvalue weighted by Gasteiger charge is 2.58. The van der Waals surface area contributed by atoms with Crippen molar-refractivity contribution in [3.8, 4) is 0 Å². The van der Waals surface area contributed by atoms with Gasteiger partial charge in [-0.05, 0) is 61.9 Å². The number of carbonyl (C=O) groups is 1. The lowest BCUT2D eigenvalue weighted by molar-refractivity contribution is -0.118. The number of nitrogens with zero attached hydrogens (tertiary/aromatic N) is 1. The Morgan fingerprint density at radius 2 is 2.17 bits per heavy atom. The summed E-state index contributed by atoms with van der Waals surface area (Å²) in [5, 5.41) is 2.88. The first-order valence-electron chi connectivity index (χ1n) is 8.81. The van der Waals surface area contributed by atoms with Crippen LogP contribution in [0, 0.1) is 23.1 Å². The molecule has 1 aromatic rings.